The number of carbonyl (C=O) groups excluding carboxylic acids is 1. The van der Waals surface area contributed by atoms with Gasteiger partial charge >= 0.3 is 0 Å². The number of ether oxygens (including phenoxy) is 2. The van der Waals surface area contributed by atoms with Crippen LogP contribution >= 0.6 is 0 Å². The summed E-state index contributed by atoms with van der Waals surface area (Å²) in [4.78, 5) is 14.5. The maximum absolute atomic E-state index is 13.0. The Morgan fingerprint density at radius 3 is 2.65 bits per heavy atom. The zero-order valence-electron chi connectivity index (χ0n) is 14.4. The fraction of sp³-hybridized carbons (Fsp3) is 0.286. The highest BCUT2D eigenvalue weighted by molar-refractivity contribution is 5.92. The number of carbonyl (C=O) groups is 1. The van der Waals surface area contributed by atoms with E-state index < -0.39 is 0 Å². The van der Waals surface area contributed by atoms with E-state index in [1.165, 1.54) is 12.1 Å². The predicted octanol–water partition coefficient (Wildman–Crippen LogP) is 3.97. The summed E-state index contributed by atoms with van der Waals surface area (Å²) >= 11 is 0. The molecule has 0 spiro atoms. The van der Waals surface area contributed by atoms with E-state index in [-0.39, 0.29) is 17.8 Å². The van der Waals surface area contributed by atoms with Crippen molar-refractivity contribution in [3.05, 3.63) is 65.5 Å². The first kappa shape index (κ1) is 16.6. The Hall–Kier alpha value is -2.82. The van der Waals surface area contributed by atoms with Crippen LogP contribution in [0, 0.1) is 5.82 Å². The summed E-state index contributed by atoms with van der Waals surface area (Å²) in [5, 5.41) is 0. The third-order valence-corrected chi connectivity index (χ3v) is 4.78. The maximum Gasteiger partial charge on any atom is 0.247 e. The Kier molecular flexibility index (Phi) is 4.61. The van der Waals surface area contributed by atoms with Gasteiger partial charge in [-0.2, -0.15) is 0 Å². The smallest absolute Gasteiger partial charge is 0.247 e. The molecule has 2 aliphatic heterocycles. The van der Waals surface area contributed by atoms with Crippen molar-refractivity contribution in [3.8, 4) is 11.5 Å². The van der Waals surface area contributed by atoms with E-state index in [0.29, 0.717) is 13.2 Å². The highest BCUT2D eigenvalue weighted by atomic mass is 19.1. The number of rotatable bonds is 3. The molecule has 1 saturated heterocycles. The second-order valence-electron chi connectivity index (χ2n) is 6.48. The first-order chi connectivity index (χ1) is 12.7. The van der Waals surface area contributed by atoms with Crippen LogP contribution in [0.1, 0.15) is 30.0 Å². The van der Waals surface area contributed by atoms with Gasteiger partial charge in [-0.15, -0.1) is 0 Å². The molecule has 134 valence electrons. The maximum atomic E-state index is 13.0. The zero-order chi connectivity index (χ0) is 17.9. The van der Waals surface area contributed by atoms with Crippen LogP contribution < -0.4 is 9.47 Å². The molecule has 2 aromatic carbocycles. The van der Waals surface area contributed by atoms with E-state index in [4.69, 9.17) is 9.47 Å². The molecule has 0 aromatic heterocycles. The fourth-order valence-electron chi connectivity index (χ4n) is 3.48. The molecule has 1 amide bonds. The first-order valence-electron chi connectivity index (χ1n) is 8.84. The molecule has 0 saturated carbocycles. The van der Waals surface area contributed by atoms with Crippen molar-refractivity contribution in [3.63, 3.8) is 0 Å². The van der Waals surface area contributed by atoms with Crippen molar-refractivity contribution in [1.29, 1.82) is 0 Å². The summed E-state index contributed by atoms with van der Waals surface area (Å²) in [6.45, 7) is 1.84. The Balaban J connectivity index is 1.51. The fourth-order valence-corrected chi connectivity index (χ4v) is 3.48. The van der Waals surface area contributed by atoms with Gasteiger partial charge in [0.2, 0.25) is 5.91 Å². The molecular weight excluding hydrogens is 333 g/mol. The number of hydrogen-bond acceptors (Lipinski definition) is 3. The van der Waals surface area contributed by atoms with E-state index >= 15 is 0 Å². The van der Waals surface area contributed by atoms with Crippen LogP contribution in [0.5, 0.6) is 11.5 Å². The monoisotopic (exact) mass is 353 g/mol. The van der Waals surface area contributed by atoms with Crippen LogP contribution in [-0.2, 0) is 4.79 Å². The van der Waals surface area contributed by atoms with Crippen molar-refractivity contribution >= 4 is 12.0 Å². The molecule has 0 aliphatic carbocycles. The van der Waals surface area contributed by atoms with Crippen LogP contribution in [0.25, 0.3) is 6.08 Å². The Morgan fingerprint density at radius 2 is 1.85 bits per heavy atom. The van der Waals surface area contributed by atoms with E-state index in [0.717, 1.165) is 42.0 Å². The molecule has 2 heterocycles. The van der Waals surface area contributed by atoms with Crippen molar-refractivity contribution in [1.82, 2.24) is 4.90 Å². The summed E-state index contributed by atoms with van der Waals surface area (Å²) < 4.78 is 24.2. The van der Waals surface area contributed by atoms with Gasteiger partial charge < -0.3 is 14.4 Å². The van der Waals surface area contributed by atoms with Crippen molar-refractivity contribution in [2.45, 2.75) is 18.9 Å². The highest BCUT2D eigenvalue weighted by Crippen LogP contribution is 2.38. The predicted molar refractivity (Wildman–Crippen MR) is 96.6 cm³/mol. The largest absolute Gasteiger partial charge is 0.486 e. The molecule has 1 unspecified atom stereocenters. The molecule has 26 heavy (non-hydrogen) atoms. The Labute approximate surface area is 151 Å². The SMILES string of the molecule is O=C(C=Cc1ccc(F)cc1)N1CCCC1c1ccc2c(c1)OCCO2. The zero-order valence-corrected chi connectivity index (χ0v) is 14.4. The lowest BCUT2D eigenvalue weighted by molar-refractivity contribution is -0.126. The average Bonchev–Trinajstić information content (AvgIpc) is 3.17. The first-order valence-corrected chi connectivity index (χ1v) is 8.84. The van der Waals surface area contributed by atoms with Crippen LogP contribution in [-0.4, -0.2) is 30.6 Å². The number of fused-ring (bicyclic) bond motifs is 1. The molecule has 1 fully saturated rings. The van der Waals surface area contributed by atoms with Crippen molar-refractivity contribution in [2.75, 3.05) is 19.8 Å². The number of nitrogens with zero attached hydrogens (tertiary/aromatic N) is 1. The molecule has 4 rings (SSSR count). The molecule has 4 nitrogen and oxygen atoms in total. The van der Waals surface area contributed by atoms with Crippen LogP contribution in [0.15, 0.2) is 48.5 Å². The van der Waals surface area contributed by atoms with Gasteiger partial charge in [0.1, 0.15) is 19.0 Å². The highest BCUT2D eigenvalue weighted by Gasteiger charge is 2.29. The lowest BCUT2D eigenvalue weighted by atomic mass is 10.0. The summed E-state index contributed by atoms with van der Waals surface area (Å²) in [7, 11) is 0. The van der Waals surface area contributed by atoms with E-state index in [9.17, 15) is 9.18 Å². The Morgan fingerprint density at radius 1 is 1.08 bits per heavy atom. The van der Waals surface area contributed by atoms with Crippen molar-refractivity contribution in [2.24, 2.45) is 0 Å². The standard InChI is InChI=1S/C21H20FNO3/c22-17-7-3-15(4-8-17)5-10-21(24)23-11-1-2-18(23)16-6-9-19-20(14-16)26-13-12-25-19/h3-10,14,18H,1-2,11-13H2. The molecule has 2 aliphatic rings. The van der Waals surface area contributed by atoms with Gasteiger partial charge in [-0.1, -0.05) is 18.2 Å². The quantitative estimate of drug-likeness (QED) is 0.784. The summed E-state index contributed by atoms with van der Waals surface area (Å²) in [5.41, 5.74) is 1.87. The second-order valence-corrected chi connectivity index (χ2v) is 6.48. The minimum Gasteiger partial charge on any atom is -0.486 e. The van der Waals surface area contributed by atoms with Crippen LogP contribution in [0.3, 0.4) is 0 Å². The minimum absolute atomic E-state index is 0.0354. The minimum atomic E-state index is -0.285. The van der Waals surface area contributed by atoms with Crippen LogP contribution in [0.4, 0.5) is 4.39 Å². The number of hydrogen-bond donors (Lipinski definition) is 0. The van der Waals surface area contributed by atoms with Gasteiger partial charge in [0, 0.05) is 12.6 Å². The molecular formula is C21H20FNO3. The van der Waals surface area contributed by atoms with Gasteiger partial charge in [-0.3, -0.25) is 4.79 Å². The molecule has 0 radical (unpaired) electrons. The van der Waals surface area contributed by atoms with E-state index in [2.05, 4.69) is 0 Å². The molecule has 2 aromatic rings. The summed E-state index contributed by atoms with van der Waals surface area (Å²) in [5.74, 6) is 1.18. The third kappa shape index (κ3) is 3.43. The average molecular weight is 353 g/mol. The van der Waals surface area contributed by atoms with Gasteiger partial charge in [0.05, 0.1) is 6.04 Å². The Bertz CT molecular complexity index is 832. The lowest BCUT2D eigenvalue weighted by Crippen LogP contribution is -2.29. The van der Waals surface area contributed by atoms with Gasteiger partial charge in [-0.25, -0.2) is 4.39 Å². The normalized spacial score (nSPS) is 19.1. The molecule has 0 N–H and O–H groups in total. The molecule has 5 heteroatoms. The van der Waals surface area contributed by atoms with E-state index in [1.807, 2.05) is 23.1 Å². The van der Waals surface area contributed by atoms with Crippen LogP contribution in [0.2, 0.25) is 0 Å². The molecule has 1 atom stereocenters. The topological polar surface area (TPSA) is 38.8 Å². The summed E-state index contributed by atoms with van der Waals surface area (Å²) in [6.07, 6.45) is 5.18. The second kappa shape index (κ2) is 7.20. The number of benzene rings is 2. The summed E-state index contributed by atoms with van der Waals surface area (Å²) in [6, 6.07) is 12.0. The number of amides is 1. The van der Waals surface area contributed by atoms with E-state index in [1.54, 1.807) is 24.3 Å². The number of likely N-dealkylation sites (tertiary alicyclic amines) is 1. The van der Waals surface area contributed by atoms with Gasteiger partial charge in [0.15, 0.2) is 11.5 Å². The van der Waals surface area contributed by atoms with Gasteiger partial charge in [0.25, 0.3) is 0 Å². The van der Waals surface area contributed by atoms with Gasteiger partial charge in [-0.05, 0) is 54.3 Å². The molecule has 0 bridgehead atoms. The number of halogens is 1. The van der Waals surface area contributed by atoms with Crippen molar-refractivity contribution < 1.29 is 18.7 Å². The lowest BCUT2D eigenvalue weighted by Gasteiger charge is -2.26. The third-order valence-electron chi connectivity index (χ3n) is 4.78.